The van der Waals surface area contributed by atoms with E-state index in [0.29, 0.717) is 18.7 Å². The molecule has 0 atom stereocenters. The molecule has 2 aromatic carbocycles. The molecule has 0 saturated heterocycles. The van der Waals surface area contributed by atoms with Gasteiger partial charge in [0.2, 0.25) is 0 Å². The van der Waals surface area contributed by atoms with Crippen molar-refractivity contribution in [3.05, 3.63) is 58.1 Å². The van der Waals surface area contributed by atoms with Gasteiger partial charge in [0.05, 0.1) is 15.7 Å². The van der Waals surface area contributed by atoms with Gasteiger partial charge in [-0.25, -0.2) is 8.42 Å². The van der Waals surface area contributed by atoms with Crippen molar-refractivity contribution in [2.75, 3.05) is 10.8 Å². The van der Waals surface area contributed by atoms with Crippen LogP contribution in [0.4, 0.5) is 5.69 Å². The Hall–Kier alpha value is -1.23. The number of hydrogen-bond acceptors (Lipinski definition) is 2. The lowest BCUT2D eigenvalue weighted by Crippen LogP contribution is -2.29. The number of sulfonamides is 1. The van der Waals surface area contributed by atoms with Gasteiger partial charge in [0.1, 0.15) is 4.90 Å². The number of fused-ring (bicyclic) bond motifs is 1. The van der Waals surface area contributed by atoms with Gasteiger partial charge in [0, 0.05) is 6.54 Å². The number of halogens is 2. The third-order valence-corrected chi connectivity index (χ3v) is 6.08. The SMILES string of the molecule is O=S(=O)(c1c(Cl)cccc1Cl)N1CCc2ccccc21. The third kappa shape index (κ3) is 2.08. The molecule has 3 nitrogen and oxygen atoms in total. The van der Waals surface area contributed by atoms with E-state index in [2.05, 4.69) is 0 Å². The number of rotatable bonds is 2. The van der Waals surface area contributed by atoms with Crippen molar-refractivity contribution in [3.63, 3.8) is 0 Å². The van der Waals surface area contributed by atoms with Crippen LogP contribution in [0, 0.1) is 0 Å². The van der Waals surface area contributed by atoms with E-state index < -0.39 is 10.0 Å². The van der Waals surface area contributed by atoms with Gasteiger partial charge < -0.3 is 0 Å². The van der Waals surface area contributed by atoms with Crippen LogP contribution >= 0.6 is 23.2 Å². The zero-order valence-electron chi connectivity index (χ0n) is 10.4. The highest BCUT2D eigenvalue weighted by Crippen LogP contribution is 2.37. The Morgan fingerprint density at radius 1 is 0.950 bits per heavy atom. The maximum atomic E-state index is 12.8. The minimum absolute atomic E-state index is 0.0277. The predicted molar refractivity (Wildman–Crippen MR) is 81.1 cm³/mol. The largest absolute Gasteiger partial charge is 0.267 e. The van der Waals surface area contributed by atoms with E-state index in [0.717, 1.165) is 5.56 Å². The smallest absolute Gasteiger partial charge is 0.266 e. The van der Waals surface area contributed by atoms with Crippen molar-refractivity contribution in [1.82, 2.24) is 0 Å². The second kappa shape index (κ2) is 4.95. The molecule has 0 N–H and O–H groups in total. The lowest BCUT2D eigenvalue weighted by Gasteiger charge is -2.20. The maximum Gasteiger partial charge on any atom is 0.267 e. The van der Waals surface area contributed by atoms with Crippen LogP contribution in [0.25, 0.3) is 0 Å². The summed E-state index contributed by atoms with van der Waals surface area (Å²) >= 11 is 12.1. The van der Waals surface area contributed by atoms with Crippen LogP contribution in [0.3, 0.4) is 0 Å². The highest BCUT2D eigenvalue weighted by Gasteiger charge is 2.33. The minimum atomic E-state index is -3.74. The molecule has 0 saturated carbocycles. The van der Waals surface area contributed by atoms with Gasteiger partial charge in [-0.05, 0) is 30.2 Å². The van der Waals surface area contributed by atoms with Crippen LogP contribution in [0.2, 0.25) is 10.0 Å². The molecule has 1 heterocycles. The van der Waals surface area contributed by atoms with Gasteiger partial charge >= 0.3 is 0 Å². The molecule has 0 unspecified atom stereocenters. The monoisotopic (exact) mass is 327 g/mol. The fourth-order valence-corrected chi connectivity index (χ4v) is 5.00. The molecule has 0 aliphatic carbocycles. The topological polar surface area (TPSA) is 37.4 Å². The molecule has 0 aromatic heterocycles. The number of hydrogen-bond donors (Lipinski definition) is 0. The quantitative estimate of drug-likeness (QED) is 0.842. The van der Waals surface area contributed by atoms with E-state index in [-0.39, 0.29) is 14.9 Å². The lowest BCUT2D eigenvalue weighted by atomic mass is 10.2. The Morgan fingerprint density at radius 2 is 1.60 bits per heavy atom. The van der Waals surface area contributed by atoms with E-state index in [4.69, 9.17) is 23.2 Å². The molecular formula is C14H11Cl2NO2S. The molecule has 104 valence electrons. The molecule has 0 bridgehead atoms. The Kier molecular flexibility index (Phi) is 3.40. The first-order valence-electron chi connectivity index (χ1n) is 6.06. The summed E-state index contributed by atoms with van der Waals surface area (Å²) in [7, 11) is -3.74. The molecule has 6 heteroatoms. The Morgan fingerprint density at radius 3 is 2.30 bits per heavy atom. The van der Waals surface area contributed by atoms with Crippen LogP contribution < -0.4 is 4.31 Å². The highest BCUT2D eigenvalue weighted by molar-refractivity contribution is 7.93. The Labute approximate surface area is 127 Å². The van der Waals surface area contributed by atoms with Crippen molar-refractivity contribution in [3.8, 4) is 0 Å². The number of nitrogens with zero attached hydrogens (tertiary/aromatic N) is 1. The van der Waals surface area contributed by atoms with Crippen LogP contribution in [-0.4, -0.2) is 15.0 Å². The van der Waals surface area contributed by atoms with E-state index >= 15 is 0 Å². The normalized spacial score (nSPS) is 14.4. The molecule has 20 heavy (non-hydrogen) atoms. The molecular weight excluding hydrogens is 317 g/mol. The standard InChI is InChI=1S/C14H11Cl2NO2S/c15-11-5-3-6-12(16)14(11)20(18,19)17-9-8-10-4-1-2-7-13(10)17/h1-7H,8-9H2. The number of benzene rings is 2. The summed E-state index contributed by atoms with van der Waals surface area (Å²) < 4.78 is 27.0. The average Bonchev–Trinajstić information content (AvgIpc) is 2.82. The highest BCUT2D eigenvalue weighted by atomic mass is 35.5. The van der Waals surface area contributed by atoms with Crippen LogP contribution in [-0.2, 0) is 16.4 Å². The first-order chi connectivity index (χ1) is 9.51. The predicted octanol–water partition coefficient (Wildman–Crippen LogP) is 3.74. The molecule has 3 rings (SSSR count). The Balaban J connectivity index is 2.16. The van der Waals surface area contributed by atoms with Crippen molar-refractivity contribution in [2.24, 2.45) is 0 Å². The van der Waals surface area contributed by atoms with Gasteiger partial charge in [-0.1, -0.05) is 47.5 Å². The van der Waals surface area contributed by atoms with Gasteiger partial charge in [-0.3, -0.25) is 4.31 Å². The summed E-state index contributed by atoms with van der Waals surface area (Å²) in [6.07, 6.45) is 0.692. The second-order valence-electron chi connectivity index (χ2n) is 4.51. The first-order valence-corrected chi connectivity index (χ1v) is 8.26. The summed E-state index contributed by atoms with van der Waals surface area (Å²) in [6.45, 7) is 0.406. The molecule has 1 aliphatic rings. The van der Waals surface area contributed by atoms with Gasteiger partial charge in [0.25, 0.3) is 10.0 Å². The minimum Gasteiger partial charge on any atom is -0.266 e. The molecule has 0 radical (unpaired) electrons. The fourth-order valence-electron chi connectivity index (χ4n) is 2.40. The van der Waals surface area contributed by atoms with Crippen molar-refractivity contribution < 1.29 is 8.42 Å². The summed E-state index contributed by atoms with van der Waals surface area (Å²) in [6, 6.07) is 12.1. The van der Waals surface area contributed by atoms with Gasteiger partial charge in [-0.2, -0.15) is 0 Å². The zero-order chi connectivity index (χ0) is 14.3. The molecule has 0 spiro atoms. The van der Waals surface area contributed by atoms with Crippen LogP contribution in [0.5, 0.6) is 0 Å². The zero-order valence-corrected chi connectivity index (χ0v) is 12.7. The number of para-hydroxylation sites is 1. The average molecular weight is 328 g/mol. The molecule has 0 fully saturated rings. The van der Waals surface area contributed by atoms with Gasteiger partial charge in [-0.15, -0.1) is 0 Å². The lowest BCUT2D eigenvalue weighted by molar-refractivity contribution is 0.592. The summed E-state index contributed by atoms with van der Waals surface area (Å²) in [5.41, 5.74) is 1.71. The van der Waals surface area contributed by atoms with E-state index in [1.807, 2.05) is 18.2 Å². The molecule has 2 aromatic rings. The van der Waals surface area contributed by atoms with E-state index in [1.165, 1.54) is 16.4 Å². The number of anilines is 1. The van der Waals surface area contributed by atoms with Crippen LogP contribution in [0.15, 0.2) is 47.4 Å². The third-order valence-electron chi connectivity index (χ3n) is 3.31. The van der Waals surface area contributed by atoms with Crippen molar-refractivity contribution in [1.29, 1.82) is 0 Å². The molecule has 1 aliphatic heterocycles. The Bertz CT molecular complexity index is 754. The maximum absolute atomic E-state index is 12.8. The van der Waals surface area contributed by atoms with Crippen molar-refractivity contribution >= 4 is 38.9 Å². The first kappa shape index (κ1) is 13.7. The second-order valence-corrected chi connectivity index (χ2v) is 7.12. The van der Waals surface area contributed by atoms with Crippen molar-refractivity contribution in [2.45, 2.75) is 11.3 Å². The van der Waals surface area contributed by atoms with E-state index in [1.54, 1.807) is 12.1 Å². The summed E-state index contributed by atoms with van der Waals surface area (Å²) in [4.78, 5) is -0.0277. The van der Waals surface area contributed by atoms with Gasteiger partial charge in [0.15, 0.2) is 0 Å². The summed E-state index contributed by atoms with van der Waals surface area (Å²) in [5.74, 6) is 0. The summed E-state index contributed by atoms with van der Waals surface area (Å²) in [5, 5.41) is 0.281. The fraction of sp³-hybridized carbons (Fsp3) is 0.143. The molecule has 0 amide bonds. The van der Waals surface area contributed by atoms with E-state index in [9.17, 15) is 8.42 Å². The van der Waals surface area contributed by atoms with Crippen LogP contribution in [0.1, 0.15) is 5.56 Å².